The highest BCUT2D eigenvalue weighted by Crippen LogP contribution is 2.49. The Morgan fingerprint density at radius 1 is 1.03 bits per heavy atom. The highest BCUT2D eigenvalue weighted by molar-refractivity contribution is 8.03. The van der Waals surface area contributed by atoms with E-state index in [0.29, 0.717) is 18.1 Å². The number of esters is 1. The molecule has 0 aliphatic carbocycles. The van der Waals surface area contributed by atoms with Crippen molar-refractivity contribution in [2.24, 2.45) is 0 Å². The van der Waals surface area contributed by atoms with E-state index < -0.39 is 23.6 Å². The van der Waals surface area contributed by atoms with Gasteiger partial charge in [0.15, 0.2) is 5.11 Å². The summed E-state index contributed by atoms with van der Waals surface area (Å²) in [5, 5.41) is 0.663. The lowest BCUT2D eigenvalue weighted by atomic mass is 9.87. The molecule has 0 unspecified atom stereocenters. The minimum atomic E-state index is -0.922. The summed E-state index contributed by atoms with van der Waals surface area (Å²) in [6, 6.07) is 6.01. The van der Waals surface area contributed by atoms with Gasteiger partial charge in [-0.3, -0.25) is 24.2 Å². The number of Topliss-reactive ketones (excluding diaryl/α,β-unsaturated/α-hetero) is 1. The third-order valence-corrected chi connectivity index (χ3v) is 7.24. The van der Waals surface area contributed by atoms with Gasteiger partial charge in [-0.05, 0) is 49.2 Å². The lowest BCUT2D eigenvalue weighted by Gasteiger charge is -2.36. The van der Waals surface area contributed by atoms with Crippen molar-refractivity contribution in [2.75, 3.05) is 31.1 Å². The van der Waals surface area contributed by atoms with E-state index in [1.807, 2.05) is 12.1 Å². The zero-order valence-electron chi connectivity index (χ0n) is 20.3. The molecule has 1 aromatic rings. The van der Waals surface area contributed by atoms with Crippen LogP contribution in [0.25, 0.3) is 0 Å². The fourth-order valence-electron chi connectivity index (χ4n) is 3.71. The van der Waals surface area contributed by atoms with Gasteiger partial charge in [-0.1, -0.05) is 38.6 Å². The predicted molar refractivity (Wildman–Crippen MR) is 134 cm³/mol. The average molecular weight is 504 g/mol. The molecule has 0 radical (unpaired) electrons. The zero-order chi connectivity index (χ0) is 25.4. The van der Waals surface area contributed by atoms with Gasteiger partial charge in [-0.2, -0.15) is 0 Å². The lowest BCUT2D eigenvalue weighted by molar-refractivity contribution is -0.152. The molecule has 0 saturated carbocycles. The van der Waals surface area contributed by atoms with E-state index in [1.54, 1.807) is 18.7 Å². The fraction of sp³-hybridized carbons (Fsp3) is 0.458. The summed E-state index contributed by atoms with van der Waals surface area (Å²) in [5.41, 5.74) is 1.86. The molecule has 0 N–H and O–H groups in total. The Hall–Kier alpha value is -2.72. The summed E-state index contributed by atoms with van der Waals surface area (Å²) in [7, 11) is 0. The number of likely N-dealkylation sites (N-methyl/N-ethyl adjacent to an activating group) is 2. The van der Waals surface area contributed by atoms with Crippen molar-refractivity contribution in [2.45, 2.75) is 51.9 Å². The van der Waals surface area contributed by atoms with Crippen LogP contribution < -0.4 is 4.90 Å². The Morgan fingerprint density at radius 3 is 2.12 bits per heavy atom. The third kappa shape index (κ3) is 4.74. The van der Waals surface area contributed by atoms with Crippen LogP contribution in [0.1, 0.15) is 47.1 Å². The number of ketones is 1. The monoisotopic (exact) mass is 503 g/mol. The number of thiocarbonyl (C=S) groups is 1. The number of rotatable bonds is 6. The van der Waals surface area contributed by atoms with Gasteiger partial charge in [0, 0.05) is 24.9 Å². The highest BCUT2D eigenvalue weighted by Gasteiger charge is 2.43. The first-order chi connectivity index (χ1) is 15.9. The quantitative estimate of drug-likeness (QED) is 0.192. The molecule has 2 aliphatic rings. The maximum Gasteiger partial charge on any atom is 0.374 e. The van der Waals surface area contributed by atoms with E-state index >= 15 is 0 Å². The topological polar surface area (TPSA) is 87.2 Å². The first kappa shape index (κ1) is 25.9. The van der Waals surface area contributed by atoms with Gasteiger partial charge in [-0.15, -0.1) is 0 Å². The van der Waals surface area contributed by atoms with Crippen molar-refractivity contribution in [1.29, 1.82) is 0 Å². The van der Waals surface area contributed by atoms with Crippen LogP contribution in [0, 0.1) is 0 Å². The van der Waals surface area contributed by atoms with Crippen LogP contribution in [0.5, 0.6) is 0 Å². The second-order valence-corrected chi connectivity index (χ2v) is 10.3. The van der Waals surface area contributed by atoms with Crippen LogP contribution in [0.3, 0.4) is 0 Å². The second-order valence-electron chi connectivity index (χ2n) is 8.94. The molecule has 2 aliphatic heterocycles. The molecule has 1 fully saturated rings. The van der Waals surface area contributed by atoms with Gasteiger partial charge in [-0.25, -0.2) is 4.79 Å². The Bertz CT molecular complexity index is 1080. The Balaban J connectivity index is 2.10. The molecule has 10 heteroatoms. The molecule has 0 aromatic heterocycles. The molecule has 0 atom stereocenters. The Labute approximate surface area is 209 Å². The minimum Gasteiger partial charge on any atom is -0.458 e. The van der Waals surface area contributed by atoms with Crippen molar-refractivity contribution in [3.05, 3.63) is 34.4 Å². The maximum atomic E-state index is 13.4. The summed E-state index contributed by atoms with van der Waals surface area (Å²) in [6.45, 7) is 11.9. The van der Waals surface area contributed by atoms with Gasteiger partial charge >= 0.3 is 5.97 Å². The van der Waals surface area contributed by atoms with E-state index in [4.69, 9.17) is 17.0 Å². The predicted octanol–water partition coefficient (Wildman–Crippen LogP) is 3.24. The number of hydrogen-bond acceptors (Lipinski definition) is 8. The molecule has 1 saturated heterocycles. The van der Waals surface area contributed by atoms with Crippen LogP contribution in [-0.4, -0.2) is 64.7 Å². The van der Waals surface area contributed by atoms with Crippen molar-refractivity contribution in [3.63, 3.8) is 0 Å². The molecular formula is C24H29N3O5S2. The molecule has 0 bridgehead atoms. The molecule has 34 heavy (non-hydrogen) atoms. The summed E-state index contributed by atoms with van der Waals surface area (Å²) in [4.78, 5) is 55.2. The molecule has 0 spiro atoms. The number of nitrogens with zero attached hydrogens (tertiary/aromatic N) is 3. The molecule has 2 heterocycles. The van der Waals surface area contributed by atoms with Gasteiger partial charge in [0.05, 0.1) is 17.3 Å². The van der Waals surface area contributed by atoms with Crippen LogP contribution in [-0.2, 0) is 29.3 Å². The highest BCUT2D eigenvalue weighted by atomic mass is 32.2. The minimum absolute atomic E-state index is 0.0358. The SMILES string of the molecule is CCN1C(=O)C(=C2Sc3cc(C(C)(C)C)ccc3N2CCOC(=O)C(C)=O)C(=O)N(CC)C1=S. The molecule has 1 aromatic carbocycles. The third-order valence-electron chi connectivity index (χ3n) is 5.63. The molecule has 2 amide bonds. The molecule has 8 nitrogen and oxygen atoms in total. The van der Waals surface area contributed by atoms with E-state index in [1.165, 1.54) is 21.6 Å². The smallest absolute Gasteiger partial charge is 0.374 e. The van der Waals surface area contributed by atoms with Crippen LogP contribution in [0.15, 0.2) is 33.7 Å². The number of carbonyl (C=O) groups excluding carboxylic acids is 4. The number of anilines is 1. The molecular weight excluding hydrogens is 474 g/mol. The number of ether oxygens (including phenoxy) is 1. The standard InChI is InChI=1S/C24H29N3O5S2/c1-7-25-19(29)18(20(30)26(8-2)23(25)33)21-27(11-12-32-22(31)14(3)28)16-10-9-15(24(4,5)6)13-17(16)34-21/h9-10,13H,7-8,11-12H2,1-6H3. The largest absolute Gasteiger partial charge is 0.458 e. The van der Waals surface area contributed by atoms with Gasteiger partial charge in [0.2, 0.25) is 5.78 Å². The zero-order valence-corrected chi connectivity index (χ0v) is 21.9. The second kappa shape index (κ2) is 9.87. The number of thioether (sulfide) groups is 1. The maximum absolute atomic E-state index is 13.4. The summed E-state index contributed by atoms with van der Waals surface area (Å²) in [6.07, 6.45) is 0. The number of hydrogen-bond donors (Lipinski definition) is 0. The first-order valence-electron chi connectivity index (χ1n) is 11.1. The summed E-state index contributed by atoms with van der Waals surface area (Å²) >= 11 is 6.73. The first-order valence-corrected chi connectivity index (χ1v) is 12.3. The van der Waals surface area contributed by atoms with Gasteiger partial charge < -0.3 is 9.64 Å². The number of amides is 2. The van der Waals surface area contributed by atoms with Gasteiger partial charge in [0.25, 0.3) is 11.8 Å². The fourth-order valence-corrected chi connectivity index (χ4v) is 5.39. The van der Waals surface area contributed by atoms with E-state index in [-0.39, 0.29) is 29.3 Å². The van der Waals surface area contributed by atoms with Crippen molar-refractivity contribution in [1.82, 2.24) is 9.80 Å². The number of fused-ring (bicyclic) bond motifs is 1. The van der Waals surface area contributed by atoms with Crippen LogP contribution in [0.4, 0.5) is 5.69 Å². The van der Waals surface area contributed by atoms with E-state index in [9.17, 15) is 19.2 Å². The normalized spacial score (nSPS) is 16.4. The summed E-state index contributed by atoms with van der Waals surface area (Å²) < 4.78 is 5.08. The number of benzene rings is 1. The summed E-state index contributed by atoms with van der Waals surface area (Å²) in [5.74, 6) is -2.50. The Kier molecular flexibility index (Phi) is 7.52. The van der Waals surface area contributed by atoms with Crippen molar-refractivity contribution in [3.8, 4) is 0 Å². The lowest BCUT2D eigenvalue weighted by Crippen LogP contribution is -2.56. The van der Waals surface area contributed by atoms with Crippen molar-refractivity contribution >= 4 is 58.3 Å². The average Bonchev–Trinajstić information content (AvgIpc) is 3.11. The van der Waals surface area contributed by atoms with E-state index in [2.05, 4.69) is 26.8 Å². The molecule has 182 valence electrons. The molecule has 3 rings (SSSR count). The van der Waals surface area contributed by atoms with E-state index in [0.717, 1.165) is 23.1 Å². The van der Waals surface area contributed by atoms with Crippen LogP contribution >= 0.6 is 24.0 Å². The number of carbonyl (C=O) groups is 4. The van der Waals surface area contributed by atoms with Crippen molar-refractivity contribution < 1.29 is 23.9 Å². The van der Waals surface area contributed by atoms with Crippen LogP contribution in [0.2, 0.25) is 0 Å². The van der Waals surface area contributed by atoms with Gasteiger partial charge in [0.1, 0.15) is 12.2 Å². The Morgan fingerprint density at radius 2 is 1.62 bits per heavy atom.